The Morgan fingerprint density at radius 1 is 1.06 bits per heavy atom. The third-order valence-corrected chi connectivity index (χ3v) is 6.34. The molecule has 0 spiro atoms. The highest BCUT2D eigenvalue weighted by molar-refractivity contribution is 6.46. The van der Waals surface area contributed by atoms with Gasteiger partial charge in [-0.1, -0.05) is 30.7 Å². The van der Waals surface area contributed by atoms with Crippen LogP contribution in [-0.4, -0.2) is 72.6 Å². The normalized spacial score (nSPS) is 20.6. The number of carbonyl (C=O) groups is 2. The van der Waals surface area contributed by atoms with Crippen molar-refractivity contribution in [2.24, 2.45) is 0 Å². The number of morpholine rings is 1. The van der Waals surface area contributed by atoms with Gasteiger partial charge in [0.15, 0.2) is 0 Å². The maximum absolute atomic E-state index is 13.1. The highest BCUT2D eigenvalue weighted by Crippen LogP contribution is 2.39. The lowest BCUT2D eigenvalue weighted by Crippen LogP contribution is -2.42. The smallest absolute Gasteiger partial charge is 0.295 e. The van der Waals surface area contributed by atoms with Crippen LogP contribution in [-0.2, 0) is 14.3 Å². The first-order valence-corrected chi connectivity index (χ1v) is 11.9. The molecule has 0 unspecified atom stereocenters. The first-order valence-electron chi connectivity index (χ1n) is 11.6. The molecule has 2 fully saturated rings. The van der Waals surface area contributed by atoms with E-state index in [9.17, 15) is 14.7 Å². The van der Waals surface area contributed by atoms with Gasteiger partial charge in [-0.2, -0.15) is 0 Å². The van der Waals surface area contributed by atoms with Gasteiger partial charge in [0, 0.05) is 36.8 Å². The van der Waals surface area contributed by atoms with E-state index in [0.717, 1.165) is 25.1 Å². The molecule has 2 aromatic rings. The van der Waals surface area contributed by atoms with E-state index in [1.54, 1.807) is 53.4 Å². The van der Waals surface area contributed by atoms with Gasteiger partial charge in [-0.15, -0.1) is 0 Å². The summed E-state index contributed by atoms with van der Waals surface area (Å²) in [6.07, 6.45) is 0.886. The van der Waals surface area contributed by atoms with Crippen molar-refractivity contribution in [1.29, 1.82) is 0 Å². The highest BCUT2D eigenvalue weighted by Gasteiger charge is 2.46. The number of hydrogen-bond donors (Lipinski definition) is 1. The summed E-state index contributed by atoms with van der Waals surface area (Å²) in [6.45, 7) is 6.45. The lowest BCUT2D eigenvalue weighted by Gasteiger charge is -2.31. The molecule has 2 aromatic carbocycles. The standard InChI is InChI=1S/C26H29ClN2O5/c1-2-15-34-21-9-5-19(6-10-21)24(30)22-23(18-3-7-20(27)8-4-18)29(26(32)25(22)31)12-11-28-13-16-33-17-14-28/h3-10,23,30H,2,11-17H2,1H3/b24-22+/t23-/m1/s1. The fourth-order valence-corrected chi connectivity index (χ4v) is 4.39. The summed E-state index contributed by atoms with van der Waals surface area (Å²) in [5.41, 5.74) is 1.25. The summed E-state index contributed by atoms with van der Waals surface area (Å²) in [6, 6.07) is 13.2. The van der Waals surface area contributed by atoms with Crippen molar-refractivity contribution in [2.75, 3.05) is 46.0 Å². The molecule has 0 radical (unpaired) electrons. The van der Waals surface area contributed by atoms with Gasteiger partial charge in [-0.3, -0.25) is 14.5 Å². The number of carbonyl (C=O) groups excluding carboxylic acids is 2. The van der Waals surface area contributed by atoms with Crippen molar-refractivity contribution < 1.29 is 24.2 Å². The number of ketones is 1. The number of aliphatic hydroxyl groups excluding tert-OH is 1. The van der Waals surface area contributed by atoms with E-state index < -0.39 is 17.7 Å². The van der Waals surface area contributed by atoms with Crippen LogP contribution in [0.25, 0.3) is 5.76 Å². The molecule has 7 nitrogen and oxygen atoms in total. The average molecular weight is 485 g/mol. The van der Waals surface area contributed by atoms with Crippen LogP contribution >= 0.6 is 11.6 Å². The number of halogens is 1. The molecule has 0 aliphatic carbocycles. The summed E-state index contributed by atoms with van der Waals surface area (Å²) in [4.78, 5) is 30.0. The number of nitrogens with zero attached hydrogens (tertiary/aromatic N) is 2. The van der Waals surface area contributed by atoms with Crippen molar-refractivity contribution in [1.82, 2.24) is 9.80 Å². The Bertz CT molecular complexity index is 1050. The molecule has 0 aromatic heterocycles. The monoisotopic (exact) mass is 484 g/mol. The van der Waals surface area contributed by atoms with E-state index >= 15 is 0 Å². The van der Waals surface area contributed by atoms with Crippen molar-refractivity contribution in [2.45, 2.75) is 19.4 Å². The summed E-state index contributed by atoms with van der Waals surface area (Å²) in [5.74, 6) is -0.823. The predicted molar refractivity (Wildman–Crippen MR) is 130 cm³/mol. The van der Waals surface area contributed by atoms with Gasteiger partial charge in [0.25, 0.3) is 11.7 Å². The summed E-state index contributed by atoms with van der Waals surface area (Å²) >= 11 is 6.08. The SMILES string of the molecule is CCCOc1ccc(/C(O)=C2\C(=O)C(=O)N(CCN3CCOCC3)[C@@H]2c2ccc(Cl)cc2)cc1. The highest BCUT2D eigenvalue weighted by atomic mass is 35.5. The Kier molecular flexibility index (Phi) is 7.88. The van der Waals surface area contributed by atoms with Gasteiger partial charge >= 0.3 is 0 Å². The van der Waals surface area contributed by atoms with E-state index in [1.165, 1.54) is 0 Å². The minimum Gasteiger partial charge on any atom is -0.507 e. The Hall–Kier alpha value is -2.87. The van der Waals surface area contributed by atoms with E-state index in [1.807, 2.05) is 6.92 Å². The number of benzene rings is 2. The third kappa shape index (κ3) is 5.27. The minimum atomic E-state index is -0.700. The maximum Gasteiger partial charge on any atom is 0.295 e. The third-order valence-electron chi connectivity index (χ3n) is 6.09. The second-order valence-electron chi connectivity index (χ2n) is 8.37. The lowest BCUT2D eigenvalue weighted by atomic mass is 9.95. The molecule has 1 atom stereocenters. The van der Waals surface area contributed by atoms with Crippen LogP contribution in [0.1, 0.15) is 30.5 Å². The number of hydrogen-bond acceptors (Lipinski definition) is 6. The van der Waals surface area contributed by atoms with Crippen LogP contribution in [0.5, 0.6) is 5.75 Å². The largest absolute Gasteiger partial charge is 0.507 e. The number of amides is 1. The van der Waals surface area contributed by atoms with Gasteiger partial charge in [0.1, 0.15) is 11.5 Å². The minimum absolute atomic E-state index is 0.0801. The van der Waals surface area contributed by atoms with Crippen molar-refractivity contribution >= 4 is 29.1 Å². The van der Waals surface area contributed by atoms with E-state index in [0.29, 0.717) is 49.2 Å². The zero-order valence-electron chi connectivity index (χ0n) is 19.2. The Morgan fingerprint density at radius 2 is 1.74 bits per heavy atom. The van der Waals surface area contributed by atoms with E-state index in [4.69, 9.17) is 21.1 Å². The molecule has 2 heterocycles. The molecule has 1 N–H and O–H groups in total. The molecule has 180 valence electrons. The summed E-state index contributed by atoms with van der Waals surface area (Å²) in [5, 5.41) is 11.7. The van der Waals surface area contributed by atoms with Crippen molar-refractivity contribution in [3.8, 4) is 5.75 Å². The predicted octanol–water partition coefficient (Wildman–Crippen LogP) is 3.88. The Balaban J connectivity index is 1.67. The number of aliphatic hydroxyl groups is 1. The van der Waals surface area contributed by atoms with Gasteiger partial charge in [0.2, 0.25) is 0 Å². The average Bonchev–Trinajstić information content (AvgIpc) is 3.12. The molecule has 2 aliphatic heterocycles. The van der Waals surface area contributed by atoms with Gasteiger partial charge in [-0.25, -0.2) is 0 Å². The van der Waals surface area contributed by atoms with Crippen molar-refractivity contribution in [3.63, 3.8) is 0 Å². The van der Waals surface area contributed by atoms with Crippen molar-refractivity contribution in [3.05, 3.63) is 70.3 Å². The maximum atomic E-state index is 13.1. The quantitative estimate of drug-likeness (QED) is 0.348. The van der Waals surface area contributed by atoms with Crippen LogP contribution in [0.15, 0.2) is 54.1 Å². The van der Waals surface area contributed by atoms with Crippen LogP contribution in [0.2, 0.25) is 5.02 Å². The molecule has 2 aliphatic rings. The fraction of sp³-hybridized carbons (Fsp3) is 0.385. The van der Waals surface area contributed by atoms with Crippen LogP contribution in [0.3, 0.4) is 0 Å². The summed E-state index contributed by atoms with van der Waals surface area (Å²) in [7, 11) is 0. The Morgan fingerprint density at radius 3 is 2.38 bits per heavy atom. The molecule has 2 saturated heterocycles. The van der Waals surface area contributed by atoms with Crippen LogP contribution in [0, 0.1) is 0 Å². The number of likely N-dealkylation sites (tertiary alicyclic amines) is 1. The molecular weight excluding hydrogens is 456 g/mol. The molecule has 1 amide bonds. The second kappa shape index (κ2) is 11.0. The lowest BCUT2D eigenvalue weighted by molar-refractivity contribution is -0.140. The number of ether oxygens (including phenoxy) is 2. The molecular formula is C26H29ClN2O5. The number of rotatable bonds is 8. The Labute approximate surface area is 204 Å². The molecule has 0 saturated carbocycles. The molecule has 34 heavy (non-hydrogen) atoms. The molecule has 0 bridgehead atoms. The van der Waals surface area contributed by atoms with Crippen LogP contribution < -0.4 is 4.74 Å². The number of Topliss-reactive ketones (excluding diaryl/α,β-unsaturated/α-hetero) is 1. The second-order valence-corrected chi connectivity index (χ2v) is 8.81. The zero-order valence-corrected chi connectivity index (χ0v) is 20.0. The topological polar surface area (TPSA) is 79.3 Å². The first-order chi connectivity index (χ1) is 16.5. The zero-order chi connectivity index (χ0) is 24.1. The first kappa shape index (κ1) is 24.3. The molecule has 8 heteroatoms. The van der Waals surface area contributed by atoms with Gasteiger partial charge < -0.3 is 19.5 Å². The van der Waals surface area contributed by atoms with Gasteiger partial charge in [0.05, 0.1) is 31.4 Å². The van der Waals surface area contributed by atoms with Crippen LogP contribution in [0.4, 0.5) is 0 Å². The van der Waals surface area contributed by atoms with E-state index in [2.05, 4.69) is 4.90 Å². The van der Waals surface area contributed by atoms with E-state index in [-0.39, 0.29) is 11.3 Å². The molecule has 4 rings (SSSR count). The summed E-state index contributed by atoms with van der Waals surface area (Å²) < 4.78 is 11.0. The fourth-order valence-electron chi connectivity index (χ4n) is 4.26. The van der Waals surface area contributed by atoms with Gasteiger partial charge in [-0.05, 0) is 48.4 Å².